The number of benzene rings is 1. The number of carbonyl (C=O) groups is 4. The third-order valence-electron chi connectivity index (χ3n) is 6.95. The Hall–Kier alpha value is -3.14. The number of carboxylic acid groups (broad SMARTS) is 1. The molecule has 2 unspecified atom stereocenters. The summed E-state index contributed by atoms with van der Waals surface area (Å²) in [4.78, 5) is 50.1. The number of nitrogens with zero attached hydrogens (tertiary/aromatic N) is 1. The summed E-state index contributed by atoms with van der Waals surface area (Å²) in [6.45, 7) is 3.82. The van der Waals surface area contributed by atoms with Crippen molar-refractivity contribution in [2.24, 2.45) is 0 Å². The summed E-state index contributed by atoms with van der Waals surface area (Å²) in [7, 11) is 1.52. The van der Waals surface area contributed by atoms with Crippen molar-refractivity contribution in [3.05, 3.63) is 35.9 Å². The van der Waals surface area contributed by atoms with E-state index in [2.05, 4.69) is 22.9 Å². The lowest BCUT2D eigenvalue weighted by molar-refractivity contribution is -0.138. The monoisotopic (exact) mass is 576 g/mol. The number of amides is 4. The normalized spacial score (nSPS) is 12.3. The Morgan fingerprint density at radius 3 is 1.95 bits per heavy atom. The third-order valence-corrected chi connectivity index (χ3v) is 6.95. The fourth-order valence-corrected chi connectivity index (χ4v) is 4.34. The smallest absolute Gasteiger partial charge is 0.322 e. The quantitative estimate of drug-likeness (QED) is 0.140. The highest BCUT2D eigenvalue weighted by Crippen LogP contribution is 2.12. The lowest BCUT2D eigenvalue weighted by atomic mass is 10.1. The molecule has 0 aliphatic carbocycles. The molecule has 0 radical (unpaired) electrons. The zero-order valence-electron chi connectivity index (χ0n) is 25.3. The van der Waals surface area contributed by atoms with Gasteiger partial charge in [0.15, 0.2) is 0 Å². The molecular weight excluding hydrogens is 524 g/mol. The molecule has 2 atom stereocenters. The van der Waals surface area contributed by atoms with Crippen molar-refractivity contribution < 1.29 is 29.0 Å². The lowest BCUT2D eigenvalue weighted by Gasteiger charge is -2.28. The lowest BCUT2D eigenvalue weighted by Crippen LogP contribution is -2.56. The van der Waals surface area contributed by atoms with Crippen LogP contribution in [0.25, 0.3) is 0 Å². The van der Waals surface area contributed by atoms with Gasteiger partial charge in [0.1, 0.15) is 18.6 Å². The van der Waals surface area contributed by atoms with E-state index < -0.39 is 42.4 Å². The van der Waals surface area contributed by atoms with Crippen LogP contribution in [0.15, 0.2) is 30.3 Å². The Morgan fingerprint density at radius 1 is 0.829 bits per heavy atom. The number of nitrogens with one attached hydrogen (secondary N) is 3. The first-order valence-corrected chi connectivity index (χ1v) is 15.2. The number of unbranched alkanes of at least 4 members (excludes halogenated alkanes) is 11. The summed E-state index contributed by atoms with van der Waals surface area (Å²) in [5.74, 6) is -2.39. The maximum absolute atomic E-state index is 13.1. The van der Waals surface area contributed by atoms with Gasteiger partial charge < -0.3 is 30.7 Å². The molecule has 0 heterocycles. The highest BCUT2D eigenvalue weighted by atomic mass is 16.5. The van der Waals surface area contributed by atoms with Crippen LogP contribution < -0.4 is 16.0 Å². The first-order chi connectivity index (χ1) is 19.8. The van der Waals surface area contributed by atoms with E-state index >= 15 is 0 Å². The summed E-state index contributed by atoms with van der Waals surface area (Å²) < 4.78 is 5.76. The van der Waals surface area contributed by atoms with Gasteiger partial charge in [0.2, 0.25) is 11.8 Å². The van der Waals surface area contributed by atoms with Gasteiger partial charge in [0, 0.05) is 13.6 Å². The maximum atomic E-state index is 13.1. The fourth-order valence-electron chi connectivity index (χ4n) is 4.34. The largest absolute Gasteiger partial charge is 0.480 e. The van der Waals surface area contributed by atoms with Crippen LogP contribution in [0.1, 0.15) is 96.5 Å². The molecule has 0 saturated carbocycles. The van der Waals surface area contributed by atoms with E-state index in [1.807, 2.05) is 30.3 Å². The maximum Gasteiger partial charge on any atom is 0.322 e. The Balaban J connectivity index is 2.46. The topological polar surface area (TPSA) is 137 Å². The number of aliphatic carboxylic acids is 1. The Morgan fingerprint density at radius 2 is 1.39 bits per heavy atom. The second-order valence-electron chi connectivity index (χ2n) is 10.6. The highest BCUT2D eigenvalue weighted by Gasteiger charge is 2.29. The second kappa shape index (κ2) is 22.5. The van der Waals surface area contributed by atoms with Crippen LogP contribution in [0.2, 0.25) is 0 Å². The van der Waals surface area contributed by atoms with Crippen molar-refractivity contribution in [1.82, 2.24) is 20.9 Å². The van der Waals surface area contributed by atoms with E-state index in [0.717, 1.165) is 24.8 Å². The Kier molecular flexibility index (Phi) is 19.7. The highest BCUT2D eigenvalue weighted by molar-refractivity contribution is 5.92. The van der Waals surface area contributed by atoms with Crippen molar-refractivity contribution in [2.75, 3.05) is 26.7 Å². The zero-order valence-corrected chi connectivity index (χ0v) is 25.3. The van der Waals surface area contributed by atoms with Crippen LogP contribution in [0, 0.1) is 0 Å². The van der Waals surface area contributed by atoms with Crippen molar-refractivity contribution in [1.29, 1.82) is 0 Å². The van der Waals surface area contributed by atoms with Gasteiger partial charge in [-0.2, -0.15) is 0 Å². The minimum Gasteiger partial charge on any atom is -0.480 e. The van der Waals surface area contributed by atoms with Gasteiger partial charge in [-0.25, -0.2) is 4.79 Å². The number of urea groups is 1. The average molecular weight is 577 g/mol. The molecule has 0 aliphatic heterocycles. The minimum absolute atomic E-state index is 0.0767. The van der Waals surface area contributed by atoms with Gasteiger partial charge in [-0.15, -0.1) is 0 Å². The van der Waals surface area contributed by atoms with Gasteiger partial charge in [0.25, 0.3) is 0 Å². The summed E-state index contributed by atoms with van der Waals surface area (Å²) in [5, 5.41) is 16.4. The molecule has 10 heteroatoms. The van der Waals surface area contributed by atoms with Gasteiger partial charge in [0.05, 0.1) is 13.2 Å². The van der Waals surface area contributed by atoms with Crippen LogP contribution >= 0.6 is 0 Å². The molecule has 0 bridgehead atoms. The number of carbonyl (C=O) groups excluding carboxylic acids is 3. The first-order valence-electron chi connectivity index (χ1n) is 15.2. The summed E-state index contributed by atoms with van der Waals surface area (Å²) >= 11 is 0. The van der Waals surface area contributed by atoms with Crippen LogP contribution in [0.3, 0.4) is 0 Å². The van der Waals surface area contributed by atoms with Gasteiger partial charge in [-0.1, -0.05) is 108 Å². The van der Waals surface area contributed by atoms with Crippen LogP contribution in [0.4, 0.5) is 4.79 Å². The molecule has 0 aliphatic rings. The number of rotatable bonds is 23. The van der Waals surface area contributed by atoms with Crippen molar-refractivity contribution in [3.8, 4) is 0 Å². The van der Waals surface area contributed by atoms with Gasteiger partial charge in [-0.3, -0.25) is 14.4 Å². The van der Waals surface area contributed by atoms with E-state index in [1.54, 1.807) is 0 Å². The molecule has 41 heavy (non-hydrogen) atoms. The Bertz CT molecular complexity index is 883. The third kappa shape index (κ3) is 17.3. The molecule has 232 valence electrons. The predicted molar refractivity (Wildman–Crippen MR) is 160 cm³/mol. The molecular formula is C31H52N4O6. The summed E-state index contributed by atoms with van der Waals surface area (Å²) in [5.41, 5.74) is 0.923. The summed E-state index contributed by atoms with van der Waals surface area (Å²) in [6.07, 6.45) is 14.8. The van der Waals surface area contributed by atoms with E-state index in [9.17, 15) is 19.2 Å². The minimum atomic E-state index is -1.19. The van der Waals surface area contributed by atoms with E-state index in [0.29, 0.717) is 6.54 Å². The molecule has 4 N–H and O–H groups in total. The van der Waals surface area contributed by atoms with E-state index in [-0.39, 0.29) is 13.2 Å². The standard InChI is InChI=1S/C31H52N4O6/c1-4-5-6-7-8-9-10-11-12-13-14-18-21-32-31(40)35(3)27(24-41-23-26-19-16-15-17-20-26)30(39)34-25(2)29(38)33-22-28(36)37/h15-17,19-20,25,27H,4-14,18,21-24H2,1-3H3,(H,32,40)(H,33,38)(H,34,39)(H,36,37). The van der Waals surface area contributed by atoms with Crippen LogP contribution in [0.5, 0.6) is 0 Å². The second-order valence-corrected chi connectivity index (χ2v) is 10.6. The van der Waals surface area contributed by atoms with Gasteiger partial charge in [-0.05, 0) is 18.9 Å². The Labute approximate surface area is 246 Å². The van der Waals surface area contributed by atoms with Gasteiger partial charge >= 0.3 is 12.0 Å². The van der Waals surface area contributed by atoms with E-state index in [1.165, 1.54) is 76.7 Å². The molecule has 1 aromatic rings. The van der Waals surface area contributed by atoms with Crippen LogP contribution in [-0.2, 0) is 25.7 Å². The molecule has 1 rings (SSSR count). The first kappa shape index (κ1) is 35.9. The zero-order chi connectivity index (χ0) is 30.3. The van der Waals surface area contributed by atoms with Crippen LogP contribution in [-0.4, -0.2) is 72.6 Å². The van der Waals surface area contributed by atoms with Crippen molar-refractivity contribution in [3.63, 3.8) is 0 Å². The van der Waals surface area contributed by atoms with E-state index in [4.69, 9.17) is 9.84 Å². The molecule has 0 saturated heterocycles. The number of ether oxygens (including phenoxy) is 1. The fraction of sp³-hybridized carbons (Fsp3) is 0.677. The number of hydrogen-bond donors (Lipinski definition) is 4. The predicted octanol–water partition coefficient (Wildman–Crippen LogP) is 4.62. The SMILES string of the molecule is CCCCCCCCCCCCCCNC(=O)N(C)C(COCc1ccccc1)C(=O)NC(C)C(=O)NCC(=O)O. The molecule has 4 amide bonds. The molecule has 0 aromatic heterocycles. The number of likely N-dealkylation sites (N-methyl/N-ethyl adjacent to an activating group) is 1. The number of hydrogen-bond acceptors (Lipinski definition) is 5. The van der Waals surface area contributed by atoms with Crippen molar-refractivity contribution >= 4 is 23.8 Å². The number of carboxylic acids is 1. The molecule has 0 spiro atoms. The molecule has 1 aromatic carbocycles. The average Bonchev–Trinajstić information content (AvgIpc) is 2.96. The van der Waals surface area contributed by atoms with Crippen molar-refractivity contribution in [2.45, 2.75) is 110 Å². The summed E-state index contributed by atoms with van der Waals surface area (Å²) in [6, 6.07) is 7.08. The molecule has 0 fully saturated rings. The molecule has 10 nitrogen and oxygen atoms in total.